The molecule has 1 aromatic heterocycles. The van der Waals surface area contributed by atoms with E-state index in [1.807, 2.05) is 42.5 Å². The third-order valence-electron chi connectivity index (χ3n) is 5.23. The van der Waals surface area contributed by atoms with Crippen molar-refractivity contribution in [3.8, 4) is 17.2 Å². The zero-order chi connectivity index (χ0) is 21.1. The summed E-state index contributed by atoms with van der Waals surface area (Å²) in [6, 6.07) is 13.5. The van der Waals surface area contributed by atoms with Gasteiger partial charge in [-0.3, -0.25) is 4.79 Å². The second-order valence-electron chi connectivity index (χ2n) is 7.03. The number of Topliss-reactive ketones (excluding diaryl/α,β-unsaturated/α-hetero) is 1. The van der Waals surface area contributed by atoms with Gasteiger partial charge in [0.15, 0.2) is 17.3 Å². The number of anilines is 2. The van der Waals surface area contributed by atoms with Gasteiger partial charge in [-0.2, -0.15) is 0 Å². The minimum absolute atomic E-state index is 0.0289. The van der Waals surface area contributed by atoms with Crippen LogP contribution in [0.15, 0.2) is 48.7 Å². The quantitative estimate of drug-likeness (QED) is 0.659. The number of carbonyl (C=O) groups is 1. The lowest BCUT2D eigenvalue weighted by Gasteiger charge is -2.24. The van der Waals surface area contributed by atoms with E-state index < -0.39 is 0 Å². The molecular weight excluding hydrogens is 382 g/mol. The van der Waals surface area contributed by atoms with Gasteiger partial charge in [0.1, 0.15) is 0 Å². The number of fused-ring (bicyclic) bond motifs is 1. The van der Waals surface area contributed by atoms with E-state index >= 15 is 0 Å². The first kappa shape index (κ1) is 19.7. The van der Waals surface area contributed by atoms with Crippen molar-refractivity contribution in [3.63, 3.8) is 0 Å². The van der Waals surface area contributed by atoms with E-state index in [-0.39, 0.29) is 11.7 Å². The lowest BCUT2D eigenvalue weighted by atomic mass is 9.82. The van der Waals surface area contributed by atoms with Crippen LogP contribution in [0.3, 0.4) is 0 Å². The Bertz CT molecular complexity index is 1040. The van der Waals surface area contributed by atoms with E-state index in [1.54, 1.807) is 27.5 Å². The molecule has 0 amide bonds. The molecule has 0 aliphatic heterocycles. The predicted octanol–water partition coefficient (Wildman–Crippen LogP) is 4.16. The van der Waals surface area contributed by atoms with Crippen LogP contribution >= 0.6 is 0 Å². The van der Waals surface area contributed by atoms with Crippen LogP contribution in [-0.2, 0) is 6.42 Å². The van der Waals surface area contributed by atoms with E-state index in [4.69, 9.17) is 14.2 Å². The predicted molar refractivity (Wildman–Crippen MR) is 113 cm³/mol. The molecule has 1 heterocycles. The number of nitrogens with zero attached hydrogens (tertiary/aromatic N) is 2. The summed E-state index contributed by atoms with van der Waals surface area (Å²) < 4.78 is 16.3. The maximum Gasteiger partial charge on any atom is 0.227 e. The molecule has 1 N–H and O–H groups in total. The maximum atomic E-state index is 12.8. The molecule has 7 heteroatoms. The normalized spacial score (nSPS) is 15.3. The molecule has 3 aromatic rings. The van der Waals surface area contributed by atoms with Crippen molar-refractivity contribution in [2.24, 2.45) is 0 Å². The molecule has 4 rings (SSSR count). The van der Waals surface area contributed by atoms with Gasteiger partial charge in [-0.25, -0.2) is 9.97 Å². The molecule has 30 heavy (non-hydrogen) atoms. The average Bonchev–Trinajstić information content (AvgIpc) is 2.78. The Morgan fingerprint density at radius 2 is 1.67 bits per heavy atom. The van der Waals surface area contributed by atoms with Crippen molar-refractivity contribution in [1.82, 2.24) is 9.97 Å². The summed E-state index contributed by atoms with van der Waals surface area (Å²) in [5.74, 6) is 2.12. The number of carbonyl (C=O) groups excluding carboxylic acids is 1. The SMILES string of the molecule is COc1cc(C2CC(=O)c3cnc(Nc4ccccc4)nc3C2)cc(OC)c1OC. The highest BCUT2D eigenvalue weighted by atomic mass is 16.5. The van der Waals surface area contributed by atoms with Crippen molar-refractivity contribution in [1.29, 1.82) is 0 Å². The van der Waals surface area contributed by atoms with Crippen LogP contribution in [0.25, 0.3) is 0 Å². The molecule has 1 atom stereocenters. The molecule has 1 unspecified atom stereocenters. The van der Waals surface area contributed by atoms with Crippen molar-refractivity contribution in [3.05, 3.63) is 65.5 Å². The van der Waals surface area contributed by atoms with Gasteiger partial charge in [0, 0.05) is 18.3 Å². The van der Waals surface area contributed by atoms with Crippen molar-refractivity contribution in [2.75, 3.05) is 26.6 Å². The smallest absolute Gasteiger partial charge is 0.227 e. The zero-order valence-electron chi connectivity index (χ0n) is 17.1. The van der Waals surface area contributed by atoms with Crippen LogP contribution in [0.1, 0.15) is 34.0 Å². The van der Waals surface area contributed by atoms with E-state index in [9.17, 15) is 4.79 Å². The summed E-state index contributed by atoms with van der Waals surface area (Å²) in [6.07, 6.45) is 2.60. The van der Waals surface area contributed by atoms with Gasteiger partial charge in [-0.05, 0) is 42.2 Å². The molecule has 0 bridgehead atoms. The van der Waals surface area contributed by atoms with Gasteiger partial charge in [-0.15, -0.1) is 0 Å². The van der Waals surface area contributed by atoms with Gasteiger partial charge in [-0.1, -0.05) is 18.2 Å². The molecule has 154 valence electrons. The molecule has 0 radical (unpaired) electrons. The van der Waals surface area contributed by atoms with E-state index in [0.29, 0.717) is 41.6 Å². The summed E-state index contributed by atoms with van der Waals surface area (Å²) >= 11 is 0. The minimum Gasteiger partial charge on any atom is -0.493 e. The molecule has 1 aliphatic carbocycles. The monoisotopic (exact) mass is 405 g/mol. The first-order valence-electron chi connectivity index (χ1n) is 9.64. The van der Waals surface area contributed by atoms with Crippen molar-refractivity contribution < 1.29 is 19.0 Å². The Hall–Kier alpha value is -3.61. The molecule has 0 spiro atoms. The number of benzene rings is 2. The average molecular weight is 405 g/mol. The topological polar surface area (TPSA) is 82.6 Å². The molecule has 7 nitrogen and oxygen atoms in total. The van der Waals surface area contributed by atoms with E-state index in [2.05, 4.69) is 15.3 Å². The number of ketones is 1. The number of methoxy groups -OCH3 is 3. The number of hydrogen-bond acceptors (Lipinski definition) is 7. The second-order valence-corrected chi connectivity index (χ2v) is 7.03. The fourth-order valence-corrected chi connectivity index (χ4v) is 3.73. The van der Waals surface area contributed by atoms with E-state index in [1.165, 1.54) is 0 Å². The third kappa shape index (κ3) is 3.78. The van der Waals surface area contributed by atoms with Gasteiger partial charge >= 0.3 is 0 Å². The van der Waals surface area contributed by atoms with Crippen LogP contribution in [0, 0.1) is 0 Å². The van der Waals surface area contributed by atoms with Crippen LogP contribution in [0.4, 0.5) is 11.6 Å². The van der Waals surface area contributed by atoms with Crippen molar-refractivity contribution >= 4 is 17.4 Å². The fourth-order valence-electron chi connectivity index (χ4n) is 3.73. The van der Waals surface area contributed by atoms with Crippen molar-refractivity contribution in [2.45, 2.75) is 18.8 Å². The van der Waals surface area contributed by atoms with Crippen LogP contribution < -0.4 is 19.5 Å². The summed E-state index contributed by atoms with van der Waals surface area (Å²) in [4.78, 5) is 21.7. The second kappa shape index (κ2) is 8.41. The Labute approximate surface area is 175 Å². The van der Waals surface area contributed by atoms with Gasteiger partial charge in [0.25, 0.3) is 0 Å². The van der Waals surface area contributed by atoms with Crippen LogP contribution in [-0.4, -0.2) is 37.1 Å². The zero-order valence-corrected chi connectivity index (χ0v) is 17.1. The lowest BCUT2D eigenvalue weighted by Crippen LogP contribution is -2.21. The highest BCUT2D eigenvalue weighted by Crippen LogP contribution is 2.42. The number of rotatable bonds is 6. The van der Waals surface area contributed by atoms with Crippen LogP contribution in [0.2, 0.25) is 0 Å². The maximum absolute atomic E-state index is 12.8. The van der Waals surface area contributed by atoms with Gasteiger partial charge in [0.2, 0.25) is 11.7 Å². The van der Waals surface area contributed by atoms with E-state index in [0.717, 1.165) is 16.9 Å². The fraction of sp³-hybridized carbons (Fsp3) is 0.261. The highest BCUT2D eigenvalue weighted by molar-refractivity contribution is 5.98. The minimum atomic E-state index is -0.0434. The molecule has 1 aliphatic rings. The Balaban J connectivity index is 1.65. The largest absolute Gasteiger partial charge is 0.493 e. The first-order chi connectivity index (χ1) is 14.6. The summed E-state index contributed by atoms with van der Waals surface area (Å²) in [7, 11) is 4.73. The first-order valence-corrected chi connectivity index (χ1v) is 9.64. The Morgan fingerprint density at radius 3 is 2.30 bits per heavy atom. The molecule has 0 fully saturated rings. The summed E-state index contributed by atoms with van der Waals surface area (Å²) in [5.41, 5.74) is 3.15. The number of ether oxygens (including phenoxy) is 3. The van der Waals surface area contributed by atoms with Crippen LogP contribution in [0.5, 0.6) is 17.2 Å². The lowest BCUT2D eigenvalue weighted by molar-refractivity contribution is 0.0962. The molecule has 0 saturated heterocycles. The van der Waals surface area contributed by atoms with Gasteiger partial charge < -0.3 is 19.5 Å². The number of aromatic nitrogens is 2. The number of nitrogens with one attached hydrogen (secondary N) is 1. The standard InChI is InChI=1S/C23H23N3O4/c1-28-20-11-15(12-21(29-2)22(20)30-3)14-9-18-17(19(27)10-14)13-24-23(26-18)25-16-7-5-4-6-8-16/h4-8,11-14H,9-10H2,1-3H3,(H,24,25,26). The molecule has 2 aromatic carbocycles. The van der Waals surface area contributed by atoms with Gasteiger partial charge in [0.05, 0.1) is 32.6 Å². The number of hydrogen-bond donors (Lipinski definition) is 1. The molecule has 0 saturated carbocycles. The Morgan fingerprint density at radius 1 is 0.967 bits per heavy atom. The molecular formula is C23H23N3O4. The Kier molecular flexibility index (Phi) is 5.52. The third-order valence-corrected chi connectivity index (χ3v) is 5.23. The summed E-state index contributed by atoms with van der Waals surface area (Å²) in [5, 5.41) is 3.18. The summed E-state index contributed by atoms with van der Waals surface area (Å²) in [6.45, 7) is 0. The number of para-hydroxylation sites is 1. The highest BCUT2D eigenvalue weighted by Gasteiger charge is 2.29.